The summed E-state index contributed by atoms with van der Waals surface area (Å²) in [4.78, 5) is 17.4. The van der Waals surface area contributed by atoms with Gasteiger partial charge in [0.1, 0.15) is 23.9 Å². The van der Waals surface area contributed by atoms with Crippen LogP contribution in [0.1, 0.15) is 27.4 Å². The average Bonchev–Trinajstić information content (AvgIpc) is 3.14. The van der Waals surface area contributed by atoms with E-state index in [0.29, 0.717) is 31.0 Å². The lowest BCUT2D eigenvalue weighted by Gasteiger charge is -2.36. The highest BCUT2D eigenvalue weighted by molar-refractivity contribution is 5.97. The highest BCUT2D eigenvalue weighted by Crippen LogP contribution is 2.25. The van der Waals surface area contributed by atoms with Gasteiger partial charge >= 0.3 is 0 Å². The van der Waals surface area contributed by atoms with Crippen molar-refractivity contribution < 1.29 is 18.8 Å². The van der Waals surface area contributed by atoms with Crippen LogP contribution in [0.25, 0.3) is 0 Å². The number of rotatable bonds is 6. The van der Waals surface area contributed by atoms with Gasteiger partial charge in [0.15, 0.2) is 0 Å². The highest BCUT2D eigenvalue weighted by atomic mass is 16.5. The van der Waals surface area contributed by atoms with E-state index < -0.39 is 0 Å². The predicted octanol–water partition coefficient (Wildman–Crippen LogP) is 3.84. The maximum absolute atomic E-state index is 13.2. The van der Waals surface area contributed by atoms with Gasteiger partial charge in [-0.05, 0) is 50.2 Å². The molecule has 1 aromatic heterocycles. The Balaban J connectivity index is 1.41. The smallest absolute Gasteiger partial charge is 0.257 e. The molecule has 0 atom stereocenters. The van der Waals surface area contributed by atoms with Crippen molar-refractivity contribution in [2.75, 3.05) is 38.2 Å². The zero-order chi connectivity index (χ0) is 21.8. The second-order valence-corrected chi connectivity index (χ2v) is 7.56. The van der Waals surface area contributed by atoms with Gasteiger partial charge in [0.05, 0.1) is 23.9 Å². The number of methoxy groups -OCH3 is 1. The van der Waals surface area contributed by atoms with Gasteiger partial charge in [-0.15, -0.1) is 0 Å². The summed E-state index contributed by atoms with van der Waals surface area (Å²) in [7, 11) is 1.66. The molecule has 1 aliphatic heterocycles. The molecule has 0 aliphatic carbocycles. The van der Waals surface area contributed by atoms with E-state index in [0.717, 1.165) is 41.5 Å². The summed E-state index contributed by atoms with van der Waals surface area (Å²) in [6.07, 6.45) is 0. The zero-order valence-corrected chi connectivity index (χ0v) is 18.1. The second kappa shape index (κ2) is 9.12. The number of hydrogen-bond acceptors (Lipinski definition) is 6. The fraction of sp³-hybridized carbons (Fsp3) is 0.333. The number of ether oxygens (including phenoxy) is 2. The number of carbonyl (C=O) groups is 1. The summed E-state index contributed by atoms with van der Waals surface area (Å²) in [6.45, 7) is 6.93. The first-order valence-electron chi connectivity index (χ1n) is 10.4. The normalized spacial score (nSPS) is 13.9. The lowest BCUT2D eigenvalue weighted by atomic mass is 10.1. The summed E-state index contributed by atoms with van der Waals surface area (Å²) >= 11 is 0. The SMILES string of the molecule is COc1ccc(N2CCN(C(=O)c3ccccc3OCc3c(C)noc3C)CC2)cc1. The number of para-hydroxylation sites is 1. The molecule has 0 spiro atoms. The summed E-state index contributed by atoms with van der Waals surface area (Å²) in [5.41, 5.74) is 3.43. The lowest BCUT2D eigenvalue weighted by Crippen LogP contribution is -2.48. The second-order valence-electron chi connectivity index (χ2n) is 7.56. The van der Waals surface area contributed by atoms with E-state index in [9.17, 15) is 4.79 Å². The first kappa shape index (κ1) is 20.8. The number of aromatic nitrogens is 1. The van der Waals surface area contributed by atoms with E-state index in [-0.39, 0.29) is 5.91 Å². The number of aryl methyl sites for hydroxylation is 2. The zero-order valence-electron chi connectivity index (χ0n) is 18.1. The van der Waals surface area contributed by atoms with E-state index in [4.69, 9.17) is 14.0 Å². The van der Waals surface area contributed by atoms with Crippen LogP contribution in [0, 0.1) is 13.8 Å². The van der Waals surface area contributed by atoms with E-state index in [2.05, 4.69) is 10.1 Å². The quantitative estimate of drug-likeness (QED) is 0.602. The molecule has 1 aliphatic rings. The number of carbonyl (C=O) groups excluding carboxylic acids is 1. The van der Waals surface area contributed by atoms with Gasteiger partial charge in [-0.1, -0.05) is 17.3 Å². The lowest BCUT2D eigenvalue weighted by molar-refractivity contribution is 0.0742. The van der Waals surface area contributed by atoms with Gasteiger partial charge in [0.2, 0.25) is 0 Å². The van der Waals surface area contributed by atoms with Crippen LogP contribution in [0.4, 0.5) is 5.69 Å². The number of hydrogen-bond donors (Lipinski definition) is 0. The van der Waals surface area contributed by atoms with Crippen molar-refractivity contribution >= 4 is 11.6 Å². The van der Waals surface area contributed by atoms with Crippen LogP contribution in [0.5, 0.6) is 11.5 Å². The molecule has 7 nitrogen and oxygen atoms in total. The molecule has 0 bridgehead atoms. The van der Waals surface area contributed by atoms with Crippen LogP contribution >= 0.6 is 0 Å². The summed E-state index contributed by atoms with van der Waals surface area (Å²) in [5.74, 6) is 2.13. The Morgan fingerprint density at radius 2 is 1.74 bits per heavy atom. The Labute approximate surface area is 182 Å². The van der Waals surface area contributed by atoms with Crippen molar-refractivity contribution in [1.82, 2.24) is 10.1 Å². The van der Waals surface area contributed by atoms with Crippen molar-refractivity contribution in [3.05, 3.63) is 71.1 Å². The maximum atomic E-state index is 13.2. The average molecular weight is 421 g/mol. The molecule has 0 radical (unpaired) electrons. The topological polar surface area (TPSA) is 68.0 Å². The molecule has 31 heavy (non-hydrogen) atoms. The van der Waals surface area contributed by atoms with Gasteiger partial charge in [-0.25, -0.2) is 0 Å². The minimum atomic E-state index is -0.0104. The fourth-order valence-corrected chi connectivity index (χ4v) is 3.76. The monoisotopic (exact) mass is 421 g/mol. The Hall–Kier alpha value is -3.48. The molecule has 162 valence electrons. The molecule has 0 unspecified atom stereocenters. The Bertz CT molecular complexity index is 1020. The van der Waals surface area contributed by atoms with Crippen LogP contribution in [0.3, 0.4) is 0 Å². The van der Waals surface area contributed by atoms with Gasteiger partial charge < -0.3 is 23.8 Å². The van der Waals surface area contributed by atoms with Crippen LogP contribution in [-0.2, 0) is 6.61 Å². The number of amides is 1. The van der Waals surface area contributed by atoms with Crippen molar-refractivity contribution in [3.8, 4) is 11.5 Å². The Morgan fingerprint density at radius 1 is 1.03 bits per heavy atom. The molecule has 1 saturated heterocycles. The molecular weight excluding hydrogens is 394 g/mol. The van der Waals surface area contributed by atoms with Crippen LogP contribution in [0.15, 0.2) is 53.1 Å². The summed E-state index contributed by atoms with van der Waals surface area (Å²) in [5, 5.41) is 3.96. The van der Waals surface area contributed by atoms with Crippen molar-refractivity contribution in [1.29, 1.82) is 0 Å². The molecule has 3 aromatic rings. The van der Waals surface area contributed by atoms with Crippen molar-refractivity contribution in [3.63, 3.8) is 0 Å². The number of anilines is 1. The van der Waals surface area contributed by atoms with Gasteiger partial charge in [0.25, 0.3) is 5.91 Å². The maximum Gasteiger partial charge on any atom is 0.257 e. The molecule has 1 fully saturated rings. The third-order valence-electron chi connectivity index (χ3n) is 5.68. The minimum Gasteiger partial charge on any atom is -0.497 e. The molecule has 7 heteroatoms. The number of benzene rings is 2. The largest absolute Gasteiger partial charge is 0.497 e. The van der Waals surface area contributed by atoms with Crippen molar-refractivity contribution in [2.45, 2.75) is 20.5 Å². The molecule has 4 rings (SSSR count). The van der Waals surface area contributed by atoms with Gasteiger partial charge in [0, 0.05) is 31.9 Å². The molecule has 2 heterocycles. The van der Waals surface area contributed by atoms with E-state index in [1.165, 1.54) is 0 Å². The molecule has 0 N–H and O–H groups in total. The number of nitrogens with zero attached hydrogens (tertiary/aromatic N) is 3. The van der Waals surface area contributed by atoms with E-state index >= 15 is 0 Å². The Kier molecular flexibility index (Phi) is 6.11. The Morgan fingerprint density at radius 3 is 2.39 bits per heavy atom. The third-order valence-corrected chi connectivity index (χ3v) is 5.68. The highest BCUT2D eigenvalue weighted by Gasteiger charge is 2.24. The molecule has 1 amide bonds. The summed E-state index contributed by atoms with van der Waals surface area (Å²) in [6, 6.07) is 15.4. The van der Waals surface area contributed by atoms with Crippen LogP contribution in [-0.4, -0.2) is 49.3 Å². The van der Waals surface area contributed by atoms with E-state index in [1.807, 2.05) is 67.3 Å². The van der Waals surface area contributed by atoms with Crippen LogP contribution < -0.4 is 14.4 Å². The third kappa shape index (κ3) is 4.50. The van der Waals surface area contributed by atoms with Gasteiger partial charge in [-0.2, -0.15) is 0 Å². The van der Waals surface area contributed by atoms with E-state index in [1.54, 1.807) is 7.11 Å². The molecule has 2 aromatic carbocycles. The summed E-state index contributed by atoms with van der Waals surface area (Å²) < 4.78 is 16.4. The molecule has 0 saturated carbocycles. The minimum absolute atomic E-state index is 0.0104. The molecular formula is C24H27N3O4. The standard InChI is InChI=1S/C24H27N3O4/c1-17-22(18(2)31-25-17)16-30-23-7-5-4-6-21(23)24(28)27-14-12-26(13-15-27)19-8-10-20(29-3)11-9-19/h4-11H,12-16H2,1-3H3. The first-order chi connectivity index (χ1) is 15.1. The predicted molar refractivity (Wildman–Crippen MR) is 118 cm³/mol. The fourth-order valence-electron chi connectivity index (χ4n) is 3.76. The first-order valence-corrected chi connectivity index (χ1v) is 10.4. The van der Waals surface area contributed by atoms with Gasteiger partial charge in [-0.3, -0.25) is 4.79 Å². The van der Waals surface area contributed by atoms with Crippen LogP contribution in [0.2, 0.25) is 0 Å². The van der Waals surface area contributed by atoms with Crippen molar-refractivity contribution in [2.24, 2.45) is 0 Å². The number of piperazine rings is 1.